The van der Waals surface area contributed by atoms with Crippen molar-refractivity contribution in [1.82, 2.24) is 0 Å². The molecule has 2 aromatic rings. The molecule has 21 heavy (non-hydrogen) atoms. The molecule has 2 aromatic carbocycles. The maximum atomic E-state index is 8.63. The maximum absolute atomic E-state index is 8.63. The predicted molar refractivity (Wildman–Crippen MR) is 73.5 cm³/mol. The Balaban J connectivity index is -0.000000225. The van der Waals surface area contributed by atoms with Gasteiger partial charge in [0.05, 0.1) is 0 Å². The molecule has 0 saturated heterocycles. The molecule has 0 radical (unpaired) electrons. The Morgan fingerprint density at radius 3 is 0.857 bits per heavy atom. The van der Waals surface area contributed by atoms with E-state index in [-0.39, 0.29) is 75.5 Å². The van der Waals surface area contributed by atoms with Crippen LogP contribution in [0.3, 0.4) is 0 Å². The summed E-state index contributed by atoms with van der Waals surface area (Å²) >= 11 is 0. The number of phenols is 2. The summed E-state index contributed by atoms with van der Waals surface area (Å²) in [6.45, 7) is 0. The Labute approximate surface area is 183 Å². The third kappa shape index (κ3) is 25.9. The molecule has 2 rings (SSSR count). The Morgan fingerprint density at radius 2 is 0.762 bits per heavy atom. The molecule has 0 spiro atoms. The van der Waals surface area contributed by atoms with Gasteiger partial charge in [-0.1, -0.05) is 36.4 Å². The van der Waals surface area contributed by atoms with E-state index in [1.54, 1.807) is 48.5 Å². The Hall–Kier alpha value is 0.616. The number of hydrogen-bond acceptors (Lipinski definition) is 6. The van der Waals surface area contributed by atoms with Gasteiger partial charge in [0.15, 0.2) is 0 Å². The van der Waals surface area contributed by atoms with Crippen molar-refractivity contribution in [2.24, 2.45) is 0 Å². The molecule has 0 atom stereocenters. The fourth-order valence-corrected chi connectivity index (χ4v) is 0.856. The van der Waals surface area contributed by atoms with Gasteiger partial charge in [0.1, 0.15) is 11.5 Å². The second-order valence-corrected chi connectivity index (χ2v) is 4.17. The summed E-state index contributed by atoms with van der Waals surface area (Å²) in [6.07, 6.45) is 0. The molecule has 0 aliphatic heterocycles. The van der Waals surface area contributed by atoms with E-state index in [0.717, 1.165) is 0 Å². The molecular formula is C12H12Ca2O6Si. The molecule has 0 heterocycles. The number of hydrogen-bond donors (Lipinski definition) is 2. The van der Waals surface area contributed by atoms with Gasteiger partial charge >= 0.3 is 75.5 Å². The first-order valence-electron chi connectivity index (χ1n) is 5.09. The second-order valence-electron chi connectivity index (χ2n) is 3.17. The molecule has 6 nitrogen and oxygen atoms in total. The van der Waals surface area contributed by atoms with Crippen molar-refractivity contribution < 1.29 is 29.4 Å². The van der Waals surface area contributed by atoms with Gasteiger partial charge in [-0.3, -0.25) is 0 Å². The van der Waals surface area contributed by atoms with Crippen LogP contribution in [0, 0.1) is 0 Å². The molecule has 2 N–H and O–H groups in total. The van der Waals surface area contributed by atoms with Crippen LogP contribution in [-0.4, -0.2) is 94.7 Å². The topological polar surface area (TPSA) is 133 Å². The van der Waals surface area contributed by atoms with E-state index in [2.05, 4.69) is 0 Å². The Kier molecular flexibility index (Phi) is 19.6. The van der Waals surface area contributed by atoms with E-state index < -0.39 is 9.05 Å². The minimum absolute atomic E-state index is 0. The van der Waals surface area contributed by atoms with E-state index >= 15 is 0 Å². The number of rotatable bonds is 0. The van der Waals surface area contributed by atoms with Crippen LogP contribution in [-0.2, 0) is 0 Å². The van der Waals surface area contributed by atoms with Gasteiger partial charge in [-0.2, -0.15) is 0 Å². The molecule has 0 unspecified atom stereocenters. The minimum Gasteiger partial charge on any atom is -0.894 e. The van der Waals surface area contributed by atoms with E-state index in [9.17, 15) is 0 Å². The molecule has 0 bridgehead atoms. The normalized spacial score (nSPS) is 8.57. The summed E-state index contributed by atoms with van der Waals surface area (Å²) in [4.78, 5) is 34.3. The van der Waals surface area contributed by atoms with Crippen LogP contribution in [0.5, 0.6) is 11.5 Å². The average Bonchev–Trinajstić information content (AvgIpc) is 2.29. The maximum Gasteiger partial charge on any atom is 2.00 e. The molecule has 0 aliphatic carbocycles. The number of benzene rings is 2. The van der Waals surface area contributed by atoms with Gasteiger partial charge in [0.2, 0.25) is 0 Å². The van der Waals surface area contributed by atoms with Gasteiger partial charge in [0, 0.05) is 0 Å². The van der Waals surface area contributed by atoms with Gasteiger partial charge in [0.25, 0.3) is 0 Å². The molecule has 0 aliphatic rings. The summed E-state index contributed by atoms with van der Waals surface area (Å²) in [6, 6.07) is 17.4. The van der Waals surface area contributed by atoms with E-state index in [0.29, 0.717) is 11.5 Å². The third-order valence-electron chi connectivity index (χ3n) is 1.51. The van der Waals surface area contributed by atoms with Gasteiger partial charge in [-0.25, -0.2) is 0 Å². The van der Waals surface area contributed by atoms with E-state index in [1.807, 2.05) is 12.1 Å². The van der Waals surface area contributed by atoms with Crippen molar-refractivity contribution in [2.45, 2.75) is 0 Å². The summed E-state index contributed by atoms with van der Waals surface area (Å²) in [7, 11) is -5.61. The van der Waals surface area contributed by atoms with Gasteiger partial charge in [-0.15, -0.1) is 0 Å². The van der Waals surface area contributed by atoms with Crippen LogP contribution >= 0.6 is 0 Å². The Morgan fingerprint density at radius 1 is 0.571 bits per heavy atom. The van der Waals surface area contributed by atoms with Crippen molar-refractivity contribution >= 4 is 84.5 Å². The largest absolute Gasteiger partial charge is 2.00 e. The summed E-state index contributed by atoms with van der Waals surface area (Å²) in [5.74, 6) is 0.644. The predicted octanol–water partition coefficient (Wildman–Crippen LogP) is -3.11. The van der Waals surface area contributed by atoms with Crippen molar-refractivity contribution in [3.63, 3.8) is 0 Å². The van der Waals surface area contributed by atoms with Crippen LogP contribution in [0.15, 0.2) is 60.7 Å². The molecule has 104 valence electrons. The van der Waals surface area contributed by atoms with Crippen LogP contribution in [0.25, 0.3) is 0 Å². The van der Waals surface area contributed by atoms with Crippen molar-refractivity contribution in [3.8, 4) is 11.5 Å². The first-order chi connectivity index (χ1) is 8.79. The van der Waals surface area contributed by atoms with Crippen LogP contribution < -0.4 is 19.2 Å². The SMILES string of the molecule is Oc1ccccc1.Oc1ccccc1.[Ca+2].[Ca+2].[O-][Si]([O-])([O-])[O-]. The zero-order chi connectivity index (χ0) is 14.7. The van der Waals surface area contributed by atoms with Crippen LogP contribution in [0.1, 0.15) is 0 Å². The van der Waals surface area contributed by atoms with E-state index in [4.69, 9.17) is 29.4 Å². The summed E-state index contributed by atoms with van der Waals surface area (Å²) in [5, 5.41) is 17.3. The molecule has 0 saturated carbocycles. The minimum atomic E-state index is -5.61. The van der Waals surface area contributed by atoms with Gasteiger partial charge in [-0.05, 0) is 24.3 Å². The quantitative estimate of drug-likeness (QED) is 0.478. The van der Waals surface area contributed by atoms with E-state index in [1.165, 1.54) is 0 Å². The van der Waals surface area contributed by atoms with Gasteiger partial charge < -0.3 is 38.4 Å². The molecule has 0 aromatic heterocycles. The molecule has 9 heteroatoms. The summed E-state index contributed by atoms with van der Waals surface area (Å²) < 4.78 is 0. The molecule has 0 fully saturated rings. The number of phenolic OH excluding ortho intramolecular Hbond substituents is 2. The third-order valence-corrected chi connectivity index (χ3v) is 1.51. The zero-order valence-corrected chi connectivity index (χ0v) is 16.6. The Bertz CT molecular complexity index is 395. The van der Waals surface area contributed by atoms with Crippen LogP contribution in [0.2, 0.25) is 0 Å². The first kappa shape index (κ1) is 26.5. The fourth-order valence-electron chi connectivity index (χ4n) is 0.856. The monoisotopic (exact) mass is 360 g/mol. The standard InChI is InChI=1S/2C6H6O.2Ca.O4Si/c2*7-6-4-2-1-3-5-6;;;1-5(2,3)4/h2*1-5,7H;;;/q;;2*+2;-4. The molecular weight excluding hydrogens is 348 g/mol. The fraction of sp³-hybridized carbons (Fsp3) is 0. The zero-order valence-electron chi connectivity index (χ0n) is 11.2. The summed E-state index contributed by atoms with van der Waals surface area (Å²) in [5.41, 5.74) is 0. The van der Waals surface area contributed by atoms with Crippen molar-refractivity contribution in [2.75, 3.05) is 0 Å². The van der Waals surface area contributed by atoms with Crippen molar-refractivity contribution in [1.29, 1.82) is 0 Å². The number of aromatic hydroxyl groups is 2. The second kappa shape index (κ2) is 15.5. The average molecular weight is 360 g/mol. The first-order valence-corrected chi connectivity index (χ1v) is 6.72. The van der Waals surface area contributed by atoms with Crippen LogP contribution in [0.4, 0.5) is 0 Å². The smallest absolute Gasteiger partial charge is 0.894 e. The van der Waals surface area contributed by atoms with Crippen molar-refractivity contribution in [3.05, 3.63) is 60.7 Å². The molecule has 0 amide bonds. The number of para-hydroxylation sites is 2.